The molecule has 118 valence electrons. The molecule has 1 rings (SSSR count). The highest BCUT2D eigenvalue weighted by Gasteiger charge is 2.19. The molecule has 20 heavy (non-hydrogen) atoms. The number of hydrogen-bond donors (Lipinski definition) is 2. The van der Waals surface area contributed by atoms with Crippen LogP contribution in [0.15, 0.2) is 4.99 Å². The number of rotatable bonds is 4. The average Bonchev–Trinajstić information content (AvgIpc) is 2.33. The fraction of sp³-hybridized carbons (Fsp3) is 0.846. The Morgan fingerprint density at radius 3 is 2.75 bits per heavy atom. The molecule has 0 aromatic rings. The zero-order chi connectivity index (χ0) is 14.3. The molecule has 0 aliphatic carbocycles. The van der Waals surface area contributed by atoms with Crippen LogP contribution in [0.5, 0.6) is 0 Å². The van der Waals surface area contributed by atoms with Gasteiger partial charge in [0, 0.05) is 33.2 Å². The van der Waals surface area contributed by atoms with Gasteiger partial charge in [0.15, 0.2) is 5.96 Å². The van der Waals surface area contributed by atoms with Gasteiger partial charge in [-0.25, -0.2) is 4.79 Å². The van der Waals surface area contributed by atoms with Crippen LogP contribution in [-0.4, -0.2) is 55.8 Å². The molecule has 0 radical (unpaired) electrons. The Labute approximate surface area is 138 Å². The summed E-state index contributed by atoms with van der Waals surface area (Å²) in [4.78, 5) is 17.6. The molecule has 0 aromatic heterocycles. The van der Waals surface area contributed by atoms with Gasteiger partial charge < -0.3 is 20.3 Å². The number of carbonyl (C=O) groups is 1. The van der Waals surface area contributed by atoms with Crippen molar-refractivity contribution in [2.75, 3.05) is 33.2 Å². The third-order valence-electron chi connectivity index (χ3n) is 2.57. The second-order valence-electron chi connectivity index (χ2n) is 5.69. The second kappa shape index (κ2) is 9.25. The second-order valence-corrected chi connectivity index (χ2v) is 5.69. The first-order valence-electron chi connectivity index (χ1n) is 6.85. The third-order valence-corrected chi connectivity index (χ3v) is 2.57. The van der Waals surface area contributed by atoms with E-state index in [1.807, 2.05) is 20.8 Å². The fourth-order valence-corrected chi connectivity index (χ4v) is 1.61. The van der Waals surface area contributed by atoms with Gasteiger partial charge in [0.2, 0.25) is 0 Å². The highest BCUT2D eigenvalue weighted by atomic mass is 127. The quantitative estimate of drug-likeness (QED) is 0.560. The van der Waals surface area contributed by atoms with E-state index >= 15 is 0 Å². The summed E-state index contributed by atoms with van der Waals surface area (Å²) in [7, 11) is 1.75. The van der Waals surface area contributed by atoms with Crippen molar-refractivity contribution in [2.24, 2.45) is 4.99 Å². The Morgan fingerprint density at radius 1 is 1.50 bits per heavy atom. The summed E-state index contributed by atoms with van der Waals surface area (Å²) in [5.41, 5.74) is -0.440. The maximum Gasteiger partial charge on any atom is 0.410 e. The SMILES string of the molecule is CN(CCCNC1=NCCCN1)C(=O)OC(C)(C)C.I. The molecule has 1 heterocycles. The summed E-state index contributed by atoms with van der Waals surface area (Å²) in [5.74, 6) is 0.867. The summed E-state index contributed by atoms with van der Waals surface area (Å²) in [6.45, 7) is 8.92. The Balaban J connectivity index is 0.00000361. The van der Waals surface area contributed by atoms with Crippen molar-refractivity contribution < 1.29 is 9.53 Å². The van der Waals surface area contributed by atoms with E-state index in [0.29, 0.717) is 6.54 Å². The molecule has 0 spiro atoms. The first kappa shape index (κ1) is 19.3. The van der Waals surface area contributed by atoms with Gasteiger partial charge in [-0.05, 0) is 33.6 Å². The molecule has 7 heteroatoms. The van der Waals surface area contributed by atoms with Crippen molar-refractivity contribution >= 4 is 36.0 Å². The number of nitrogens with zero attached hydrogens (tertiary/aromatic N) is 2. The smallest absolute Gasteiger partial charge is 0.410 e. The first-order valence-corrected chi connectivity index (χ1v) is 6.85. The lowest BCUT2D eigenvalue weighted by atomic mass is 10.2. The summed E-state index contributed by atoms with van der Waals surface area (Å²) < 4.78 is 5.28. The van der Waals surface area contributed by atoms with Crippen LogP contribution in [0.1, 0.15) is 33.6 Å². The highest BCUT2D eigenvalue weighted by molar-refractivity contribution is 14.0. The van der Waals surface area contributed by atoms with Gasteiger partial charge in [0.25, 0.3) is 0 Å². The molecule has 1 aliphatic heterocycles. The lowest BCUT2D eigenvalue weighted by Crippen LogP contribution is -2.42. The number of carbonyl (C=O) groups excluding carboxylic acids is 1. The van der Waals surface area contributed by atoms with Crippen LogP contribution in [0.2, 0.25) is 0 Å². The number of amides is 1. The zero-order valence-electron chi connectivity index (χ0n) is 12.9. The highest BCUT2D eigenvalue weighted by Crippen LogP contribution is 2.08. The largest absolute Gasteiger partial charge is 0.444 e. The minimum absolute atomic E-state index is 0. The van der Waals surface area contributed by atoms with Gasteiger partial charge in [0.1, 0.15) is 5.60 Å². The Hall–Kier alpha value is -0.730. The number of guanidine groups is 1. The van der Waals surface area contributed by atoms with Crippen LogP contribution in [0.25, 0.3) is 0 Å². The topological polar surface area (TPSA) is 66.0 Å². The van der Waals surface area contributed by atoms with Gasteiger partial charge in [0.05, 0.1) is 0 Å². The molecular formula is C13H27IN4O2. The number of ether oxygens (including phenoxy) is 1. The molecular weight excluding hydrogens is 371 g/mol. The van der Waals surface area contributed by atoms with Gasteiger partial charge >= 0.3 is 6.09 Å². The van der Waals surface area contributed by atoms with Gasteiger partial charge in [-0.2, -0.15) is 0 Å². The average molecular weight is 398 g/mol. The molecule has 6 nitrogen and oxygen atoms in total. The van der Waals surface area contributed by atoms with Gasteiger partial charge in [-0.3, -0.25) is 4.99 Å². The Morgan fingerprint density at radius 2 is 2.20 bits per heavy atom. The summed E-state index contributed by atoms with van der Waals surface area (Å²) >= 11 is 0. The van der Waals surface area contributed by atoms with E-state index in [4.69, 9.17) is 4.74 Å². The monoisotopic (exact) mass is 398 g/mol. The Bertz CT molecular complexity index is 329. The van der Waals surface area contributed by atoms with Crippen molar-refractivity contribution in [1.29, 1.82) is 0 Å². The molecule has 1 amide bonds. The van der Waals surface area contributed by atoms with E-state index in [1.54, 1.807) is 11.9 Å². The predicted molar refractivity (Wildman–Crippen MR) is 91.8 cm³/mol. The molecule has 1 aliphatic rings. The minimum atomic E-state index is -0.440. The maximum atomic E-state index is 11.7. The summed E-state index contributed by atoms with van der Waals surface area (Å²) in [6.07, 6.45) is 1.67. The van der Waals surface area contributed by atoms with Crippen LogP contribution in [0.4, 0.5) is 4.79 Å². The molecule has 0 atom stereocenters. The molecule has 2 N–H and O–H groups in total. The summed E-state index contributed by atoms with van der Waals surface area (Å²) in [5, 5.41) is 6.42. The number of halogens is 1. The van der Waals surface area contributed by atoms with Crippen LogP contribution >= 0.6 is 24.0 Å². The molecule has 0 saturated heterocycles. The van der Waals surface area contributed by atoms with Crippen LogP contribution in [0.3, 0.4) is 0 Å². The third kappa shape index (κ3) is 8.44. The standard InChI is InChI=1S/C13H26N4O2.HI/c1-13(2,3)19-12(18)17(4)10-6-9-16-11-14-7-5-8-15-11;/h5-10H2,1-4H3,(H2,14,15,16);1H. The van der Waals surface area contributed by atoms with E-state index in [-0.39, 0.29) is 30.1 Å². The molecule has 0 aromatic carbocycles. The van der Waals surface area contributed by atoms with Crippen molar-refractivity contribution in [3.05, 3.63) is 0 Å². The van der Waals surface area contributed by atoms with E-state index in [2.05, 4.69) is 15.6 Å². The van der Waals surface area contributed by atoms with Crippen molar-refractivity contribution in [2.45, 2.75) is 39.2 Å². The van der Waals surface area contributed by atoms with E-state index in [0.717, 1.165) is 38.4 Å². The molecule has 0 saturated carbocycles. The number of aliphatic imine (C=N–C) groups is 1. The number of hydrogen-bond acceptors (Lipinski definition) is 5. The zero-order valence-corrected chi connectivity index (χ0v) is 15.2. The van der Waals surface area contributed by atoms with Gasteiger partial charge in [-0.1, -0.05) is 0 Å². The van der Waals surface area contributed by atoms with Crippen molar-refractivity contribution in [3.8, 4) is 0 Å². The molecule has 0 bridgehead atoms. The van der Waals surface area contributed by atoms with Crippen LogP contribution in [-0.2, 0) is 4.74 Å². The minimum Gasteiger partial charge on any atom is -0.444 e. The first-order chi connectivity index (χ1) is 8.88. The van der Waals surface area contributed by atoms with Crippen molar-refractivity contribution in [1.82, 2.24) is 15.5 Å². The lowest BCUT2D eigenvalue weighted by Gasteiger charge is -2.24. The predicted octanol–water partition coefficient (Wildman–Crippen LogP) is 1.80. The van der Waals surface area contributed by atoms with Gasteiger partial charge in [-0.15, -0.1) is 24.0 Å². The maximum absolute atomic E-state index is 11.7. The van der Waals surface area contributed by atoms with E-state index in [1.165, 1.54) is 0 Å². The van der Waals surface area contributed by atoms with E-state index < -0.39 is 5.60 Å². The molecule has 0 unspecified atom stereocenters. The number of nitrogens with one attached hydrogen (secondary N) is 2. The van der Waals surface area contributed by atoms with E-state index in [9.17, 15) is 4.79 Å². The summed E-state index contributed by atoms with van der Waals surface area (Å²) in [6, 6.07) is 0. The normalized spacial score (nSPS) is 14.5. The Kier molecular flexibility index (Phi) is 8.91. The van der Waals surface area contributed by atoms with Crippen LogP contribution in [0, 0.1) is 0 Å². The fourth-order valence-electron chi connectivity index (χ4n) is 1.61. The molecule has 0 fully saturated rings. The van der Waals surface area contributed by atoms with Crippen molar-refractivity contribution in [3.63, 3.8) is 0 Å². The lowest BCUT2D eigenvalue weighted by molar-refractivity contribution is 0.0298. The van der Waals surface area contributed by atoms with Crippen LogP contribution < -0.4 is 10.6 Å².